The van der Waals surface area contributed by atoms with Crippen LogP contribution >= 0.6 is 0 Å². The van der Waals surface area contributed by atoms with Crippen molar-refractivity contribution in [3.8, 4) is 0 Å². The fourth-order valence-corrected chi connectivity index (χ4v) is 12.1. The van der Waals surface area contributed by atoms with Crippen LogP contribution in [0.1, 0.15) is 23.1 Å². The molecule has 1 aromatic carbocycles. The van der Waals surface area contributed by atoms with Crippen LogP contribution in [0.5, 0.6) is 0 Å². The van der Waals surface area contributed by atoms with Gasteiger partial charge in [-0.25, -0.2) is 0 Å². The topological polar surface area (TPSA) is 0 Å². The minimum atomic E-state index is -1.18. The quantitative estimate of drug-likeness (QED) is 0.553. The molecular weight excluding hydrogens is 394 g/mol. The third-order valence-electron chi connectivity index (χ3n) is 3.87. The molecule has 1 atom stereocenters. The first-order valence-corrected chi connectivity index (χ1v) is 13.0. The molecule has 0 aliphatic heterocycles. The Balaban J connectivity index is 0.00000110. The molecule has 4 heteroatoms. The monoisotopic (exact) mass is 412 g/mol. The zero-order valence-electron chi connectivity index (χ0n) is 12.7. The van der Waals surface area contributed by atoms with Crippen LogP contribution in [0.3, 0.4) is 0 Å². The molecule has 1 unspecified atom stereocenters. The summed E-state index contributed by atoms with van der Waals surface area (Å²) in [7, 11) is -1.18. The minimum Gasteiger partial charge on any atom is -1.00 e. The minimum absolute atomic E-state index is 0. The van der Waals surface area contributed by atoms with Gasteiger partial charge in [0.1, 0.15) is 0 Å². The number of allylic oxidation sites excluding steroid dienone is 5. The van der Waals surface area contributed by atoms with Gasteiger partial charge in [0, 0.05) is 0 Å². The summed E-state index contributed by atoms with van der Waals surface area (Å²) >= 11 is -0.545. The Bertz CT molecular complexity index is 597. The summed E-state index contributed by atoms with van der Waals surface area (Å²) in [5, 5.41) is 0. The van der Waals surface area contributed by atoms with Gasteiger partial charge in [-0.3, -0.25) is 0 Å². The average Bonchev–Trinajstić information content (AvgIpc) is 2.94. The number of hydrogen-bond donors (Lipinski definition) is 0. The van der Waals surface area contributed by atoms with Gasteiger partial charge in [-0.15, -0.1) is 0 Å². The smallest absolute Gasteiger partial charge is 1.00 e. The van der Waals surface area contributed by atoms with Crippen LogP contribution in [-0.4, -0.2) is 8.07 Å². The van der Waals surface area contributed by atoms with Crippen LogP contribution in [0.4, 0.5) is 0 Å². The largest absolute Gasteiger partial charge is 1.00 e. The number of fused-ring (bicyclic) bond motifs is 1. The molecule has 21 heavy (non-hydrogen) atoms. The Morgan fingerprint density at radius 2 is 1.81 bits per heavy atom. The second-order valence-corrected chi connectivity index (χ2v) is 15.4. The van der Waals surface area contributed by atoms with E-state index in [1.165, 1.54) is 12.0 Å². The number of halogens is 2. The molecule has 110 valence electrons. The molecule has 0 saturated heterocycles. The van der Waals surface area contributed by atoms with Crippen molar-refractivity contribution in [1.29, 1.82) is 0 Å². The first-order chi connectivity index (χ1) is 9.05. The molecule has 0 amide bonds. The molecule has 1 aromatic rings. The van der Waals surface area contributed by atoms with Crippen molar-refractivity contribution in [1.82, 2.24) is 0 Å². The second kappa shape index (κ2) is 7.59. The van der Waals surface area contributed by atoms with Crippen LogP contribution in [0.15, 0.2) is 49.1 Å². The van der Waals surface area contributed by atoms with Crippen molar-refractivity contribution in [2.24, 2.45) is 0 Å². The van der Waals surface area contributed by atoms with Crippen LogP contribution in [-0.2, 0) is 23.2 Å². The van der Waals surface area contributed by atoms with Gasteiger partial charge >= 0.3 is 129 Å². The fourth-order valence-electron chi connectivity index (χ4n) is 3.09. The standard InChI is InChI=1S/C12H15Si.C5H5.2ClH.Zr/c1-13(2,3)12-9-8-10-6-4-5-7-11(10)12;1-2-4-5-3-1;;;/h4-8,12H,1-3H3;1-3H,4H2;2*1H;/q;;;;+2/p-2. The van der Waals surface area contributed by atoms with Crippen LogP contribution in [0.25, 0.3) is 6.08 Å². The molecule has 2 aliphatic rings. The summed E-state index contributed by atoms with van der Waals surface area (Å²) in [6, 6.07) is 9.06. The van der Waals surface area contributed by atoms with Gasteiger partial charge < -0.3 is 24.8 Å². The van der Waals surface area contributed by atoms with Crippen molar-refractivity contribution in [3.63, 3.8) is 0 Å². The molecular formula is C17H20Cl2SiZr. The molecule has 0 spiro atoms. The summed E-state index contributed by atoms with van der Waals surface area (Å²) in [5.74, 6) is 0. The van der Waals surface area contributed by atoms with E-state index in [-0.39, 0.29) is 24.8 Å². The van der Waals surface area contributed by atoms with Gasteiger partial charge in [-0.1, -0.05) is 0 Å². The molecule has 0 aromatic heterocycles. The Labute approximate surface area is 153 Å². The van der Waals surface area contributed by atoms with Gasteiger partial charge in [0.15, 0.2) is 0 Å². The van der Waals surface area contributed by atoms with E-state index < -0.39 is 31.3 Å². The predicted molar refractivity (Wildman–Crippen MR) is 82.3 cm³/mol. The van der Waals surface area contributed by atoms with Crippen molar-refractivity contribution in [2.75, 3.05) is 0 Å². The molecule has 0 nitrogen and oxygen atoms in total. The van der Waals surface area contributed by atoms with Gasteiger partial charge in [0.25, 0.3) is 0 Å². The van der Waals surface area contributed by atoms with E-state index in [1.54, 1.807) is 8.84 Å². The first kappa shape index (κ1) is 19.2. The fraction of sp³-hybridized carbons (Fsp3) is 0.294. The van der Waals surface area contributed by atoms with E-state index in [2.05, 4.69) is 68.2 Å². The molecule has 0 radical (unpaired) electrons. The van der Waals surface area contributed by atoms with E-state index in [0.29, 0.717) is 0 Å². The zero-order chi connectivity index (χ0) is 13.5. The first-order valence-electron chi connectivity index (χ1n) is 6.99. The summed E-state index contributed by atoms with van der Waals surface area (Å²) in [6.07, 6.45) is 10.7. The second-order valence-electron chi connectivity index (χ2n) is 6.48. The third-order valence-corrected chi connectivity index (χ3v) is 10.4. The molecule has 0 saturated carbocycles. The maximum atomic E-state index is 2.53. The summed E-state index contributed by atoms with van der Waals surface area (Å²) < 4.78 is 3.56. The van der Waals surface area contributed by atoms with Crippen molar-refractivity contribution in [3.05, 3.63) is 60.2 Å². The van der Waals surface area contributed by atoms with Crippen molar-refractivity contribution in [2.45, 2.75) is 31.6 Å². The number of rotatable bonds is 3. The van der Waals surface area contributed by atoms with Gasteiger partial charge in [0.05, 0.1) is 0 Å². The zero-order valence-corrected chi connectivity index (χ0v) is 17.6. The van der Waals surface area contributed by atoms with Crippen LogP contribution in [0.2, 0.25) is 19.6 Å². The van der Waals surface area contributed by atoms with Gasteiger partial charge in [-0.2, -0.15) is 0 Å². The van der Waals surface area contributed by atoms with Gasteiger partial charge in [0.2, 0.25) is 0 Å². The molecule has 0 fully saturated rings. The molecule has 0 bridgehead atoms. The molecule has 3 rings (SSSR count). The number of benzene rings is 1. The SMILES string of the molecule is C[Si](C)(C)C1[C]([Zr+2][C]2=CC=CC2)=Cc2ccccc21.[Cl-].[Cl-]. The van der Waals surface area contributed by atoms with E-state index in [4.69, 9.17) is 0 Å². The van der Waals surface area contributed by atoms with E-state index in [0.717, 1.165) is 5.54 Å². The average molecular weight is 415 g/mol. The summed E-state index contributed by atoms with van der Waals surface area (Å²) in [6.45, 7) is 7.57. The predicted octanol–water partition coefficient (Wildman–Crippen LogP) is -1.06. The summed E-state index contributed by atoms with van der Waals surface area (Å²) in [5.41, 5.74) is 3.89. The Hall–Kier alpha value is 0.120. The number of hydrogen-bond acceptors (Lipinski definition) is 0. The van der Waals surface area contributed by atoms with Crippen LogP contribution < -0.4 is 24.8 Å². The third kappa shape index (κ3) is 4.10. The Morgan fingerprint density at radius 1 is 1.10 bits per heavy atom. The van der Waals surface area contributed by atoms with E-state index in [1.807, 2.05) is 3.28 Å². The Kier molecular flexibility index (Phi) is 6.93. The van der Waals surface area contributed by atoms with E-state index >= 15 is 0 Å². The maximum absolute atomic E-state index is 2.53. The molecule has 2 aliphatic carbocycles. The van der Waals surface area contributed by atoms with Gasteiger partial charge in [-0.05, 0) is 0 Å². The van der Waals surface area contributed by atoms with Crippen molar-refractivity contribution >= 4 is 14.1 Å². The summed E-state index contributed by atoms with van der Waals surface area (Å²) in [4.78, 5) is 0. The molecule has 0 heterocycles. The van der Waals surface area contributed by atoms with Crippen molar-refractivity contribution < 1.29 is 48.0 Å². The molecule has 0 N–H and O–H groups in total. The normalized spacial score (nSPS) is 18.9. The maximum Gasteiger partial charge on any atom is -1.00 e. The van der Waals surface area contributed by atoms with Crippen LogP contribution in [0, 0.1) is 0 Å². The van der Waals surface area contributed by atoms with E-state index in [9.17, 15) is 0 Å². The Morgan fingerprint density at radius 3 is 2.43 bits per heavy atom.